The predicted molar refractivity (Wildman–Crippen MR) is 147 cm³/mol. The number of nitrogens with zero attached hydrogens (tertiary/aromatic N) is 1. The summed E-state index contributed by atoms with van der Waals surface area (Å²) in [5.74, 6) is 0.913. The molecule has 4 nitrogen and oxygen atoms in total. The van der Waals surface area contributed by atoms with E-state index in [9.17, 15) is 9.18 Å². The van der Waals surface area contributed by atoms with Crippen molar-refractivity contribution < 1.29 is 13.9 Å². The largest absolute Gasteiger partial charge is 0.486 e. The fourth-order valence-electron chi connectivity index (χ4n) is 4.60. The fraction of sp³-hybridized carbons (Fsp3) is 0.367. The molecule has 1 aliphatic rings. The summed E-state index contributed by atoms with van der Waals surface area (Å²) in [7, 11) is 0. The number of carbonyl (C=O) groups excluding carboxylic acids is 1. The van der Waals surface area contributed by atoms with Crippen LogP contribution in [-0.2, 0) is 4.79 Å². The van der Waals surface area contributed by atoms with Crippen LogP contribution in [-0.4, -0.2) is 30.4 Å². The van der Waals surface area contributed by atoms with Crippen molar-refractivity contribution in [2.24, 2.45) is 5.92 Å². The molecule has 3 aromatic carbocycles. The first-order valence-corrected chi connectivity index (χ1v) is 13.5. The van der Waals surface area contributed by atoms with E-state index in [4.69, 9.17) is 4.74 Å². The minimum atomic E-state index is -0.266. The fourth-order valence-corrected chi connectivity index (χ4v) is 4.86. The van der Waals surface area contributed by atoms with Crippen LogP contribution in [0.1, 0.15) is 56.3 Å². The zero-order valence-electron chi connectivity index (χ0n) is 20.9. The van der Waals surface area contributed by atoms with Crippen molar-refractivity contribution >= 4 is 27.5 Å². The third-order valence-electron chi connectivity index (χ3n) is 6.78. The molecule has 1 atom stereocenters. The second kappa shape index (κ2) is 12.5. The Hall–Kier alpha value is -2.70. The number of piperidine rings is 1. The van der Waals surface area contributed by atoms with Gasteiger partial charge in [0.1, 0.15) is 17.7 Å². The van der Waals surface area contributed by atoms with Gasteiger partial charge in [-0.25, -0.2) is 4.39 Å². The molecule has 0 radical (unpaired) electrons. The molecule has 0 bridgehead atoms. The van der Waals surface area contributed by atoms with Gasteiger partial charge in [-0.15, -0.1) is 0 Å². The average Bonchev–Trinajstić information content (AvgIpc) is 2.88. The van der Waals surface area contributed by atoms with Crippen LogP contribution >= 0.6 is 15.9 Å². The molecule has 1 aliphatic heterocycles. The highest BCUT2D eigenvalue weighted by molar-refractivity contribution is 9.10. The summed E-state index contributed by atoms with van der Waals surface area (Å²) < 4.78 is 20.7. The van der Waals surface area contributed by atoms with Crippen molar-refractivity contribution in [3.05, 3.63) is 94.2 Å². The average molecular weight is 554 g/mol. The lowest BCUT2D eigenvalue weighted by Crippen LogP contribution is -2.34. The highest BCUT2D eigenvalue weighted by atomic mass is 79.9. The van der Waals surface area contributed by atoms with Crippen LogP contribution in [0.3, 0.4) is 0 Å². The lowest BCUT2D eigenvalue weighted by atomic mass is 9.89. The van der Waals surface area contributed by atoms with Crippen molar-refractivity contribution in [1.82, 2.24) is 4.90 Å². The molecule has 4 rings (SSSR count). The minimum absolute atomic E-state index is 0.0369. The Kier molecular flexibility index (Phi) is 9.16. The maximum absolute atomic E-state index is 13.4. The van der Waals surface area contributed by atoms with Gasteiger partial charge in [-0.3, -0.25) is 4.79 Å². The summed E-state index contributed by atoms with van der Waals surface area (Å²) in [4.78, 5) is 14.6. The molecule has 0 spiro atoms. The van der Waals surface area contributed by atoms with Crippen LogP contribution in [0, 0.1) is 11.7 Å². The number of benzene rings is 3. The number of ether oxygens (including phenoxy) is 1. The molecule has 1 amide bonds. The predicted octanol–water partition coefficient (Wildman–Crippen LogP) is 7.57. The maximum Gasteiger partial charge on any atom is 0.226 e. The molecular weight excluding hydrogens is 519 g/mol. The second-order valence-corrected chi connectivity index (χ2v) is 10.7. The van der Waals surface area contributed by atoms with Crippen LogP contribution in [0.2, 0.25) is 0 Å². The lowest BCUT2D eigenvalue weighted by Gasteiger charge is -2.33. The van der Waals surface area contributed by atoms with Gasteiger partial charge in [0.2, 0.25) is 5.91 Å². The number of hydrogen-bond donors (Lipinski definition) is 1. The molecule has 0 aliphatic carbocycles. The number of nitrogens with one attached hydrogen (secondary N) is 1. The van der Waals surface area contributed by atoms with Crippen LogP contribution in [0.25, 0.3) is 0 Å². The van der Waals surface area contributed by atoms with Crippen LogP contribution in [0.4, 0.5) is 10.1 Å². The Bertz CT molecular complexity index is 1130. The topological polar surface area (TPSA) is 41.6 Å². The van der Waals surface area contributed by atoms with Crippen LogP contribution < -0.4 is 10.1 Å². The summed E-state index contributed by atoms with van der Waals surface area (Å²) in [5.41, 5.74) is 3.28. The minimum Gasteiger partial charge on any atom is -0.486 e. The van der Waals surface area contributed by atoms with Gasteiger partial charge in [-0.05, 0) is 91.5 Å². The van der Waals surface area contributed by atoms with Crippen molar-refractivity contribution in [1.29, 1.82) is 0 Å². The number of amides is 1. The van der Waals surface area contributed by atoms with Gasteiger partial charge in [0, 0.05) is 29.0 Å². The zero-order valence-corrected chi connectivity index (χ0v) is 22.5. The molecule has 0 saturated carbocycles. The van der Waals surface area contributed by atoms with Gasteiger partial charge in [0.25, 0.3) is 0 Å². The van der Waals surface area contributed by atoms with E-state index in [-0.39, 0.29) is 23.7 Å². The monoisotopic (exact) mass is 552 g/mol. The molecule has 3 aromatic rings. The molecule has 1 unspecified atom stereocenters. The van der Waals surface area contributed by atoms with Crippen molar-refractivity contribution in [3.8, 4) is 5.75 Å². The first-order chi connectivity index (χ1) is 17.4. The molecule has 6 heteroatoms. The van der Waals surface area contributed by atoms with Crippen molar-refractivity contribution in [2.45, 2.75) is 45.1 Å². The number of rotatable bonds is 9. The third-order valence-corrected chi connectivity index (χ3v) is 7.31. The molecule has 1 N–H and O–H groups in total. The third kappa shape index (κ3) is 7.40. The summed E-state index contributed by atoms with van der Waals surface area (Å²) in [5, 5.41) is 3.02. The first kappa shape index (κ1) is 26.4. The summed E-state index contributed by atoms with van der Waals surface area (Å²) in [6.07, 6.45) is 2.91. The van der Waals surface area contributed by atoms with E-state index in [1.807, 2.05) is 38.1 Å². The van der Waals surface area contributed by atoms with E-state index in [0.29, 0.717) is 11.7 Å². The Balaban J connectivity index is 1.34. The first-order valence-electron chi connectivity index (χ1n) is 12.7. The number of carbonyl (C=O) groups is 1. The SMILES string of the molecule is CC(C)C(=O)Nc1cccc(C2CCN(CCC(Oc3ccc(F)cc3)c3ccc(Br)cc3)CC2)c1. The van der Waals surface area contributed by atoms with Crippen molar-refractivity contribution in [3.63, 3.8) is 0 Å². The highest BCUT2D eigenvalue weighted by Crippen LogP contribution is 2.31. The van der Waals surface area contributed by atoms with E-state index in [2.05, 4.69) is 50.4 Å². The van der Waals surface area contributed by atoms with E-state index >= 15 is 0 Å². The number of hydrogen-bond acceptors (Lipinski definition) is 3. The highest BCUT2D eigenvalue weighted by Gasteiger charge is 2.23. The van der Waals surface area contributed by atoms with Gasteiger partial charge < -0.3 is 15.0 Å². The van der Waals surface area contributed by atoms with Gasteiger partial charge in [-0.2, -0.15) is 0 Å². The molecular formula is C30H34BrFN2O2. The molecule has 1 heterocycles. The second-order valence-electron chi connectivity index (χ2n) is 9.79. The zero-order chi connectivity index (χ0) is 25.5. The standard InChI is InChI=1S/C30H34BrFN2O2/c1-21(2)30(35)33-27-5-3-4-24(20-27)22-14-17-34(18-15-22)19-16-29(23-6-8-25(31)9-7-23)36-28-12-10-26(32)11-13-28/h3-13,20-22,29H,14-19H2,1-2H3,(H,33,35). The Labute approximate surface area is 222 Å². The van der Waals surface area contributed by atoms with Gasteiger partial charge in [-0.1, -0.05) is 54.0 Å². The summed E-state index contributed by atoms with van der Waals surface area (Å²) in [6.45, 7) is 6.79. The lowest BCUT2D eigenvalue weighted by molar-refractivity contribution is -0.118. The van der Waals surface area contributed by atoms with Gasteiger partial charge in [0.05, 0.1) is 0 Å². The molecule has 1 fully saturated rings. The quantitative estimate of drug-likeness (QED) is 0.297. The van der Waals surface area contributed by atoms with Gasteiger partial charge >= 0.3 is 0 Å². The van der Waals surface area contributed by atoms with E-state index in [1.54, 1.807) is 12.1 Å². The Morgan fingerprint density at radius 1 is 1.06 bits per heavy atom. The number of anilines is 1. The van der Waals surface area contributed by atoms with E-state index in [1.165, 1.54) is 17.7 Å². The smallest absolute Gasteiger partial charge is 0.226 e. The van der Waals surface area contributed by atoms with Gasteiger partial charge in [0.15, 0.2) is 0 Å². The van der Waals surface area contributed by atoms with E-state index in [0.717, 1.165) is 54.6 Å². The molecule has 190 valence electrons. The number of halogens is 2. The molecule has 0 aromatic heterocycles. The molecule has 36 heavy (non-hydrogen) atoms. The van der Waals surface area contributed by atoms with Crippen LogP contribution in [0.5, 0.6) is 5.75 Å². The number of likely N-dealkylation sites (tertiary alicyclic amines) is 1. The van der Waals surface area contributed by atoms with Crippen molar-refractivity contribution in [2.75, 3.05) is 25.0 Å². The Morgan fingerprint density at radius 2 is 1.75 bits per heavy atom. The molecule has 1 saturated heterocycles. The Morgan fingerprint density at radius 3 is 2.42 bits per heavy atom. The maximum atomic E-state index is 13.4. The normalized spacial score (nSPS) is 15.6. The summed E-state index contributed by atoms with van der Waals surface area (Å²) >= 11 is 3.51. The van der Waals surface area contributed by atoms with E-state index < -0.39 is 0 Å². The summed E-state index contributed by atoms with van der Waals surface area (Å²) in [6, 6.07) is 22.7. The van der Waals surface area contributed by atoms with Crippen LogP contribution in [0.15, 0.2) is 77.3 Å².